The van der Waals surface area contributed by atoms with Crippen molar-refractivity contribution in [1.29, 1.82) is 0 Å². The monoisotopic (exact) mass is 208 g/mol. The van der Waals surface area contributed by atoms with Gasteiger partial charge in [0.1, 0.15) is 0 Å². The van der Waals surface area contributed by atoms with Crippen LogP contribution in [0.15, 0.2) is 34.6 Å². The Morgan fingerprint density at radius 1 is 1.40 bits per heavy atom. The van der Waals surface area contributed by atoms with Crippen LogP contribution in [0.1, 0.15) is 10.4 Å². The number of hydrogen-bond donors (Lipinski definition) is 1. The average Bonchev–Trinajstić information content (AvgIpc) is 2.26. The van der Waals surface area contributed by atoms with Gasteiger partial charge in [-0.15, -0.1) is 5.11 Å². The molecular formula is C9H12N4O2. The van der Waals surface area contributed by atoms with Crippen molar-refractivity contribution in [1.82, 2.24) is 5.17 Å². The number of carbonyl (C=O) groups excluding carboxylic acids is 1. The molecular weight excluding hydrogens is 196 g/mol. The topological polar surface area (TPSA) is 80.3 Å². The van der Waals surface area contributed by atoms with E-state index in [1.54, 1.807) is 31.3 Å². The normalized spacial score (nSPS) is 10.5. The first kappa shape index (κ1) is 11.1. The van der Waals surface area contributed by atoms with E-state index in [-0.39, 0.29) is 0 Å². The largest absolute Gasteiger partial charge is 0.366 e. The third-order valence-electron chi connectivity index (χ3n) is 1.70. The van der Waals surface area contributed by atoms with E-state index in [1.165, 1.54) is 12.3 Å². The molecule has 1 aromatic rings. The highest BCUT2D eigenvalue weighted by Crippen LogP contribution is 2.13. The fourth-order valence-electron chi connectivity index (χ4n) is 0.843. The molecule has 0 aromatic heterocycles. The van der Waals surface area contributed by atoms with Crippen LogP contribution in [0.2, 0.25) is 0 Å². The highest BCUT2D eigenvalue weighted by Gasteiger charge is 1.98. The molecule has 6 nitrogen and oxygen atoms in total. The number of hydroxylamine groups is 1. The van der Waals surface area contributed by atoms with Crippen molar-refractivity contribution < 1.29 is 9.63 Å². The molecule has 0 saturated carbocycles. The Bertz CT molecular complexity index is 361. The number of rotatable bonds is 4. The molecule has 0 saturated heterocycles. The summed E-state index contributed by atoms with van der Waals surface area (Å²) in [6.07, 6.45) is 0. The van der Waals surface area contributed by atoms with Crippen molar-refractivity contribution in [3.8, 4) is 0 Å². The van der Waals surface area contributed by atoms with Gasteiger partial charge in [0.2, 0.25) is 5.91 Å². The highest BCUT2D eigenvalue weighted by molar-refractivity contribution is 5.92. The molecule has 0 unspecified atom stereocenters. The number of nitrogens with zero attached hydrogens (tertiary/aromatic N) is 3. The summed E-state index contributed by atoms with van der Waals surface area (Å²) in [4.78, 5) is 15.5. The van der Waals surface area contributed by atoms with Gasteiger partial charge in [0.25, 0.3) is 0 Å². The second-order valence-electron chi connectivity index (χ2n) is 2.75. The highest BCUT2D eigenvalue weighted by atomic mass is 16.7. The van der Waals surface area contributed by atoms with Gasteiger partial charge in [-0.1, -0.05) is 0 Å². The summed E-state index contributed by atoms with van der Waals surface area (Å²) in [5.41, 5.74) is 6.14. The molecule has 0 atom stereocenters. The number of hydrogen-bond acceptors (Lipinski definition) is 4. The van der Waals surface area contributed by atoms with Gasteiger partial charge < -0.3 is 5.73 Å². The molecule has 80 valence electrons. The molecule has 0 fully saturated rings. The zero-order chi connectivity index (χ0) is 11.3. The molecule has 6 heteroatoms. The zero-order valence-electron chi connectivity index (χ0n) is 8.54. The minimum absolute atomic E-state index is 0.439. The molecule has 0 bridgehead atoms. The molecule has 0 aliphatic carbocycles. The van der Waals surface area contributed by atoms with Gasteiger partial charge >= 0.3 is 0 Å². The second kappa shape index (κ2) is 5.06. The third-order valence-corrected chi connectivity index (χ3v) is 1.70. The van der Waals surface area contributed by atoms with E-state index >= 15 is 0 Å². The molecule has 0 radical (unpaired) electrons. The van der Waals surface area contributed by atoms with Crippen LogP contribution in [0.25, 0.3) is 0 Å². The van der Waals surface area contributed by atoms with Gasteiger partial charge in [-0.05, 0) is 29.5 Å². The summed E-state index contributed by atoms with van der Waals surface area (Å²) in [5, 5.41) is 8.77. The molecule has 0 spiro atoms. The molecule has 1 aromatic carbocycles. The van der Waals surface area contributed by atoms with E-state index in [0.717, 1.165) is 0 Å². The molecule has 1 rings (SSSR count). The summed E-state index contributed by atoms with van der Waals surface area (Å²) in [7, 11) is 3.09. The quantitative estimate of drug-likeness (QED) is 0.597. The van der Waals surface area contributed by atoms with Crippen LogP contribution >= 0.6 is 0 Å². The number of benzene rings is 1. The minimum atomic E-state index is -0.465. The maximum atomic E-state index is 10.8. The van der Waals surface area contributed by atoms with Crippen molar-refractivity contribution in [3.05, 3.63) is 29.8 Å². The lowest BCUT2D eigenvalue weighted by Gasteiger charge is -2.05. The molecule has 0 aliphatic rings. The SMILES string of the molecule is CON(C)N=Nc1ccc(C(N)=O)cc1. The lowest BCUT2D eigenvalue weighted by atomic mass is 10.2. The summed E-state index contributed by atoms with van der Waals surface area (Å²) in [6, 6.07) is 6.47. The average molecular weight is 208 g/mol. The molecule has 2 N–H and O–H groups in total. The second-order valence-corrected chi connectivity index (χ2v) is 2.75. The first-order chi connectivity index (χ1) is 7.13. The van der Waals surface area contributed by atoms with E-state index < -0.39 is 5.91 Å². The van der Waals surface area contributed by atoms with Crippen LogP contribution in [-0.4, -0.2) is 25.2 Å². The predicted molar refractivity (Wildman–Crippen MR) is 54.2 cm³/mol. The first-order valence-corrected chi connectivity index (χ1v) is 4.23. The van der Waals surface area contributed by atoms with Crippen LogP contribution in [0.4, 0.5) is 5.69 Å². The summed E-state index contributed by atoms with van der Waals surface area (Å²) in [6.45, 7) is 0. The third kappa shape index (κ3) is 3.35. The van der Waals surface area contributed by atoms with Crippen molar-refractivity contribution in [3.63, 3.8) is 0 Å². The lowest BCUT2D eigenvalue weighted by Crippen LogP contribution is -2.10. The number of amides is 1. The minimum Gasteiger partial charge on any atom is -0.366 e. The van der Waals surface area contributed by atoms with Crippen LogP contribution < -0.4 is 5.73 Å². The number of carbonyl (C=O) groups is 1. The van der Waals surface area contributed by atoms with Gasteiger partial charge in [-0.2, -0.15) is 5.17 Å². The van der Waals surface area contributed by atoms with Gasteiger partial charge in [0.15, 0.2) is 0 Å². The maximum Gasteiger partial charge on any atom is 0.248 e. The summed E-state index contributed by atoms with van der Waals surface area (Å²) >= 11 is 0. The van der Waals surface area contributed by atoms with Crippen LogP contribution in [0.3, 0.4) is 0 Å². The fourth-order valence-corrected chi connectivity index (χ4v) is 0.843. The van der Waals surface area contributed by atoms with Crippen LogP contribution in [0, 0.1) is 0 Å². The van der Waals surface area contributed by atoms with Crippen LogP contribution in [0.5, 0.6) is 0 Å². The molecule has 0 aliphatic heterocycles. The van der Waals surface area contributed by atoms with E-state index in [2.05, 4.69) is 10.3 Å². The lowest BCUT2D eigenvalue weighted by molar-refractivity contribution is -0.114. The number of primary amides is 1. The van der Waals surface area contributed by atoms with E-state index in [9.17, 15) is 4.79 Å². The van der Waals surface area contributed by atoms with Crippen LogP contribution in [-0.2, 0) is 4.84 Å². The fraction of sp³-hybridized carbons (Fsp3) is 0.222. The molecule has 0 heterocycles. The van der Waals surface area contributed by atoms with E-state index in [4.69, 9.17) is 10.6 Å². The Morgan fingerprint density at radius 2 is 2.00 bits per heavy atom. The van der Waals surface area contributed by atoms with Gasteiger partial charge in [-0.3, -0.25) is 9.63 Å². The zero-order valence-corrected chi connectivity index (χ0v) is 8.54. The Hall–Kier alpha value is -1.95. The van der Waals surface area contributed by atoms with E-state index in [1.807, 2.05) is 0 Å². The Labute approximate surface area is 87.3 Å². The van der Waals surface area contributed by atoms with E-state index in [0.29, 0.717) is 11.3 Å². The Kier molecular flexibility index (Phi) is 3.75. The molecule has 15 heavy (non-hydrogen) atoms. The Balaban J connectivity index is 2.72. The maximum absolute atomic E-state index is 10.8. The smallest absolute Gasteiger partial charge is 0.248 e. The van der Waals surface area contributed by atoms with Gasteiger partial charge in [0.05, 0.1) is 19.8 Å². The summed E-state index contributed by atoms with van der Waals surface area (Å²) < 4.78 is 0. The van der Waals surface area contributed by atoms with Gasteiger partial charge in [-0.25, -0.2) is 0 Å². The van der Waals surface area contributed by atoms with Crippen molar-refractivity contribution in [2.45, 2.75) is 0 Å². The summed E-state index contributed by atoms with van der Waals surface area (Å²) in [5.74, 6) is -0.465. The standard InChI is InChI=1S/C9H12N4O2/c1-13(15-2)12-11-8-5-3-7(4-6-8)9(10)14/h3-6H,1-2H3,(H2,10,14). The van der Waals surface area contributed by atoms with Crippen molar-refractivity contribution >= 4 is 11.6 Å². The number of nitrogens with two attached hydrogens (primary N) is 1. The predicted octanol–water partition coefficient (Wildman–Crippen LogP) is 1.28. The Morgan fingerprint density at radius 3 is 2.47 bits per heavy atom. The van der Waals surface area contributed by atoms with Gasteiger partial charge in [0, 0.05) is 5.56 Å². The van der Waals surface area contributed by atoms with Crippen molar-refractivity contribution in [2.75, 3.05) is 14.2 Å². The molecule has 1 amide bonds. The first-order valence-electron chi connectivity index (χ1n) is 4.23. The van der Waals surface area contributed by atoms with Crippen molar-refractivity contribution in [2.24, 2.45) is 16.1 Å².